The monoisotopic (exact) mass is 227 g/mol. The molecule has 0 fully saturated rings. The third kappa shape index (κ3) is 2.99. The summed E-state index contributed by atoms with van der Waals surface area (Å²) in [5.41, 5.74) is 0.0191. The first-order valence-electron chi connectivity index (χ1n) is 4.95. The van der Waals surface area contributed by atoms with E-state index in [9.17, 15) is 13.2 Å². The molecule has 1 nitrogen and oxygen atoms in total. The zero-order valence-corrected chi connectivity index (χ0v) is 9.10. The summed E-state index contributed by atoms with van der Waals surface area (Å²) >= 11 is 0. The topological polar surface area (TPSA) is 23.8 Å². The Balaban J connectivity index is 3.13. The smallest absolute Gasteiger partial charge is 0.192 e. The average molecular weight is 227 g/mol. The van der Waals surface area contributed by atoms with E-state index < -0.39 is 11.7 Å². The van der Waals surface area contributed by atoms with Gasteiger partial charge in [-0.15, -0.1) is 0 Å². The molecule has 0 aromatic heterocycles. The largest absolute Gasteiger partial charge is 0.416 e. The van der Waals surface area contributed by atoms with Crippen molar-refractivity contribution < 1.29 is 13.2 Å². The Labute approximate surface area is 92.5 Å². The van der Waals surface area contributed by atoms with Gasteiger partial charge >= 0.3 is 6.18 Å². The molecule has 0 saturated carbocycles. The van der Waals surface area contributed by atoms with E-state index in [-0.39, 0.29) is 5.56 Å². The van der Waals surface area contributed by atoms with Crippen molar-refractivity contribution in [1.29, 1.82) is 5.26 Å². The Bertz CT molecular complexity index is 413. The van der Waals surface area contributed by atoms with Crippen LogP contribution in [-0.4, -0.2) is 0 Å². The van der Waals surface area contributed by atoms with E-state index in [1.54, 1.807) is 0 Å². The first-order valence-corrected chi connectivity index (χ1v) is 4.95. The molecule has 0 atom stereocenters. The van der Waals surface area contributed by atoms with Gasteiger partial charge in [0, 0.05) is 0 Å². The summed E-state index contributed by atoms with van der Waals surface area (Å²) in [6.07, 6.45) is -3.77. The van der Waals surface area contributed by atoms with Crippen molar-refractivity contribution in [3.05, 3.63) is 34.9 Å². The number of nitriles is 1. The fourth-order valence-electron chi connectivity index (χ4n) is 1.47. The number of rotatable bonds is 2. The predicted octanol–water partition coefficient (Wildman–Crippen LogP) is 3.78. The highest BCUT2D eigenvalue weighted by atomic mass is 19.4. The van der Waals surface area contributed by atoms with Gasteiger partial charge in [-0.3, -0.25) is 0 Å². The average Bonchev–Trinajstić information content (AvgIpc) is 2.15. The van der Waals surface area contributed by atoms with E-state index in [2.05, 4.69) is 0 Å². The van der Waals surface area contributed by atoms with Crippen LogP contribution in [0.5, 0.6) is 0 Å². The van der Waals surface area contributed by atoms with E-state index in [1.165, 1.54) is 6.07 Å². The van der Waals surface area contributed by atoms with Crippen LogP contribution in [0.4, 0.5) is 13.2 Å². The standard InChI is InChI=1S/C12H12F3N/c1-8(2)5-9-3-4-11(12(13,14)15)6-10(9)7-16/h3-4,6,8H,5H2,1-2H3. The Morgan fingerprint density at radius 3 is 2.38 bits per heavy atom. The Kier molecular flexibility index (Phi) is 3.58. The highest BCUT2D eigenvalue weighted by Gasteiger charge is 2.30. The van der Waals surface area contributed by atoms with E-state index >= 15 is 0 Å². The van der Waals surface area contributed by atoms with Gasteiger partial charge in [0.25, 0.3) is 0 Å². The number of nitrogens with zero attached hydrogens (tertiary/aromatic N) is 1. The predicted molar refractivity (Wildman–Crippen MR) is 54.7 cm³/mol. The normalized spacial score (nSPS) is 11.6. The molecule has 0 amide bonds. The highest BCUT2D eigenvalue weighted by molar-refractivity contribution is 5.41. The number of benzene rings is 1. The molecular weight excluding hydrogens is 215 g/mol. The van der Waals surface area contributed by atoms with Crippen molar-refractivity contribution in [2.45, 2.75) is 26.4 Å². The van der Waals surface area contributed by atoms with Crippen molar-refractivity contribution in [3.8, 4) is 6.07 Å². The second-order valence-electron chi connectivity index (χ2n) is 4.08. The second kappa shape index (κ2) is 4.56. The molecule has 0 unspecified atom stereocenters. The molecule has 0 heterocycles. The summed E-state index contributed by atoms with van der Waals surface area (Å²) in [5, 5.41) is 8.80. The molecule has 0 aliphatic heterocycles. The van der Waals surface area contributed by atoms with Crippen LogP contribution >= 0.6 is 0 Å². The fourth-order valence-corrected chi connectivity index (χ4v) is 1.47. The molecule has 4 heteroatoms. The van der Waals surface area contributed by atoms with Crippen LogP contribution in [0, 0.1) is 17.2 Å². The molecule has 1 rings (SSSR count). The van der Waals surface area contributed by atoms with Crippen LogP contribution < -0.4 is 0 Å². The lowest BCUT2D eigenvalue weighted by molar-refractivity contribution is -0.137. The van der Waals surface area contributed by atoms with Gasteiger partial charge in [-0.05, 0) is 30.0 Å². The summed E-state index contributed by atoms with van der Waals surface area (Å²) in [5.74, 6) is 0.309. The van der Waals surface area contributed by atoms with Crippen LogP contribution in [0.25, 0.3) is 0 Å². The summed E-state index contributed by atoms with van der Waals surface area (Å²) in [7, 11) is 0. The summed E-state index contributed by atoms with van der Waals surface area (Å²) in [6.45, 7) is 3.91. The molecule has 0 saturated heterocycles. The van der Waals surface area contributed by atoms with Gasteiger partial charge < -0.3 is 0 Å². The maximum atomic E-state index is 12.4. The number of halogens is 3. The van der Waals surface area contributed by atoms with Crippen molar-refractivity contribution >= 4 is 0 Å². The Morgan fingerprint density at radius 1 is 1.31 bits per heavy atom. The van der Waals surface area contributed by atoms with Crippen molar-refractivity contribution in [1.82, 2.24) is 0 Å². The maximum Gasteiger partial charge on any atom is 0.416 e. The van der Waals surface area contributed by atoms with Crippen LogP contribution in [0.3, 0.4) is 0 Å². The number of hydrogen-bond acceptors (Lipinski definition) is 1. The van der Waals surface area contributed by atoms with Gasteiger partial charge in [0.15, 0.2) is 0 Å². The summed E-state index contributed by atoms with van der Waals surface area (Å²) in [6, 6.07) is 5.14. The Morgan fingerprint density at radius 2 is 1.94 bits per heavy atom. The molecule has 86 valence electrons. The minimum Gasteiger partial charge on any atom is -0.192 e. The molecule has 0 radical (unpaired) electrons. The SMILES string of the molecule is CC(C)Cc1ccc(C(F)(F)F)cc1C#N. The van der Waals surface area contributed by atoms with E-state index in [1.807, 2.05) is 19.9 Å². The Hall–Kier alpha value is -1.50. The lowest BCUT2D eigenvalue weighted by Crippen LogP contribution is -2.07. The van der Waals surface area contributed by atoms with Crippen LogP contribution in [0.15, 0.2) is 18.2 Å². The second-order valence-corrected chi connectivity index (χ2v) is 4.08. The van der Waals surface area contributed by atoms with Gasteiger partial charge in [-0.1, -0.05) is 19.9 Å². The molecule has 1 aromatic rings. The van der Waals surface area contributed by atoms with Gasteiger partial charge in [-0.2, -0.15) is 18.4 Å². The minimum atomic E-state index is -4.39. The van der Waals surface area contributed by atoms with E-state index in [4.69, 9.17) is 5.26 Å². The van der Waals surface area contributed by atoms with Gasteiger partial charge in [0.1, 0.15) is 0 Å². The molecule has 16 heavy (non-hydrogen) atoms. The third-order valence-corrected chi connectivity index (χ3v) is 2.19. The molecule has 0 aliphatic rings. The molecule has 0 spiro atoms. The summed E-state index contributed by atoms with van der Waals surface area (Å²) < 4.78 is 37.2. The van der Waals surface area contributed by atoms with Crippen LogP contribution in [-0.2, 0) is 12.6 Å². The van der Waals surface area contributed by atoms with Crippen LogP contribution in [0.2, 0.25) is 0 Å². The zero-order chi connectivity index (χ0) is 12.3. The van der Waals surface area contributed by atoms with E-state index in [0.717, 1.165) is 12.1 Å². The van der Waals surface area contributed by atoms with Crippen molar-refractivity contribution in [2.75, 3.05) is 0 Å². The maximum absolute atomic E-state index is 12.4. The van der Waals surface area contributed by atoms with Gasteiger partial charge in [0.2, 0.25) is 0 Å². The highest BCUT2D eigenvalue weighted by Crippen LogP contribution is 2.30. The quantitative estimate of drug-likeness (QED) is 0.754. The lowest BCUT2D eigenvalue weighted by atomic mass is 9.97. The minimum absolute atomic E-state index is 0.114. The molecule has 0 aliphatic carbocycles. The molecule has 1 aromatic carbocycles. The first-order chi connectivity index (χ1) is 7.34. The van der Waals surface area contributed by atoms with Gasteiger partial charge in [0.05, 0.1) is 17.2 Å². The number of hydrogen-bond donors (Lipinski definition) is 0. The molecule has 0 bridgehead atoms. The fraction of sp³-hybridized carbons (Fsp3) is 0.417. The van der Waals surface area contributed by atoms with E-state index in [0.29, 0.717) is 17.9 Å². The first kappa shape index (κ1) is 12.6. The molecular formula is C12H12F3N. The third-order valence-electron chi connectivity index (χ3n) is 2.19. The van der Waals surface area contributed by atoms with Crippen LogP contribution in [0.1, 0.15) is 30.5 Å². The summed E-state index contributed by atoms with van der Waals surface area (Å²) in [4.78, 5) is 0. The van der Waals surface area contributed by atoms with Crippen molar-refractivity contribution in [3.63, 3.8) is 0 Å². The molecule has 0 N–H and O–H groups in total. The lowest BCUT2D eigenvalue weighted by Gasteiger charge is -2.11. The number of alkyl halides is 3. The van der Waals surface area contributed by atoms with Crippen molar-refractivity contribution in [2.24, 2.45) is 5.92 Å². The zero-order valence-electron chi connectivity index (χ0n) is 9.10. The van der Waals surface area contributed by atoms with Gasteiger partial charge in [-0.25, -0.2) is 0 Å².